The summed E-state index contributed by atoms with van der Waals surface area (Å²) in [5.41, 5.74) is 0. The maximum absolute atomic E-state index is 10.7. The van der Waals surface area contributed by atoms with E-state index in [-0.39, 0.29) is 11.8 Å². The Labute approximate surface area is 93.5 Å². The van der Waals surface area contributed by atoms with E-state index in [0.717, 1.165) is 25.7 Å². The van der Waals surface area contributed by atoms with Crippen LogP contribution < -0.4 is 9.67 Å². The van der Waals surface area contributed by atoms with Crippen LogP contribution in [0.5, 0.6) is 0 Å². The van der Waals surface area contributed by atoms with E-state index in [4.69, 9.17) is 23.6 Å². The second kappa shape index (κ2) is 9.09. The first kappa shape index (κ1) is 13.5. The lowest BCUT2D eigenvalue weighted by atomic mass is 10.1. The zero-order chi connectivity index (χ0) is 10.8. The first-order valence-electron chi connectivity index (χ1n) is 4.49. The summed E-state index contributed by atoms with van der Waals surface area (Å²) in [5, 5.41) is 0. The van der Waals surface area contributed by atoms with Crippen molar-refractivity contribution in [1.29, 1.82) is 0 Å². The van der Waals surface area contributed by atoms with Crippen LogP contribution in [0, 0.1) is 0 Å². The van der Waals surface area contributed by atoms with Crippen molar-refractivity contribution in [1.82, 2.24) is 9.67 Å². The molecule has 6 heteroatoms. The monoisotopic (exact) mass is 240 g/mol. The molecule has 0 saturated heterocycles. The van der Waals surface area contributed by atoms with Gasteiger partial charge in [-0.3, -0.25) is 19.3 Å². The van der Waals surface area contributed by atoms with Crippen molar-refractivity contribution in [2.24, 2.45) is 0 Å². The standard InChI is InChI=1S/C8H14Cl2N2O2/c9-11-7(13)5-3-1-2-4-6-8(14)12-10/h1-6H2,(H,11,13)(H,12,14). The topological polar surface area (TPSA) is 58.2 Å². The SMILES string of the molecule is O=C(CCCCCCC(=O)NCl)NCl. The summed E-state index contributed by atoms with van der Waals surface area (Å²) < 4.78 is 0. The molecule has 0 aromatic carbocycles. The second-order valence-electron chi connectivity index (χ2n) is 2.95. The van der Waals surface area contributed by atoms with Crippen molar-refractivity contribution in [2.45, 2.75) is 38.5 Å². The maximum Gasteiger partial charge on any atom is 0.234 e. The van der Waals surface area contributed by atoms with Crippen LogP contribution in [0.25, 0.3) is 0 Å². The zero-order valence-corrected chi connectivity index (χ0v) is 9.33. The number of carbonyl (C=O) groups is 2. The highest BCUT2D eigenvalue weighted by molar-refractivity contribution is 6.21. The Kier molecular flexibility index (Phi) is 8.78. The van der Waals surface area contributed by atoms with Gasteiger partial charge in [0.15, 0.2) is 0 Å². The summed E-state index contributed by atoms with van der Waals surface area (Å²) in [6.45, 7) is 0. The van der Waals surface area contributed by atoms with Crippen LogP contribution in [0.3, 0.4) is 0 Å². The van der Waals surface area contributed by atoms with Crippen LogP contribution >= 0.6 is 23.6 Å². The minimum absolute atomic E-state index is 0.162. The summed E-state index contributed by atoms with van der Waals surface area (Å²) in [5.74, 6) is -0.324. The van der Waals surface area contributed by atoms with Crippen LogP contribution in [-0.2, 0) is 9.59 Å². The van der Waals surface area contributed by atoms with Crippen molar-refractivity contribution in [3.63, 3.8) is 0 Å². The van der Waals surface area contributed by atoms with Crippen LogP contribution in [-0.4, -0.2) is 11.8 Å². The number of amides is 2. The number of nitrogens with one attached hydrogen (secondary N) is 2. The van der Waals surface area contributed by atoms with Crippen molar-refractivity contribution in [3.05, 3.63) is 0 Å². The molecule has 0 bridgehead atoms. The number of hydrogen-bond acceptors (Lipinski definition) is 2. The lowest BCUT2D eigenvalue weighted by Crippen LogP contribution is -2.12. The third-order valence-corrected chi connectivity index (χ3v) is 2.19. The van der Waals surface area contributed by atoms with Crippen molar-refractivity contribution >= 4 is 35.4 Å². The molecule has 14 heavy (non-hydrogen) atoms. The van der Waals surface area contributed by atoms with Crippen LogP contribution in [0.2, 0.25) is 0 Å². The molecular formula is C8H14Cl2N2O2. The van der Waals surface area contributed by atoms with E-state index in [9.17, 15) is 9.59 Å². The molecule has 0 aliphatic carbocycles. The fourth-order valence-electron chi connectivity index (χ4n) is 1.02. The number of hydrogen-bond donors (Lipinski definition) is 2. The fraction of sp³-hybridized carbons (Fsp3) is 0.750. The van der Waals surface area contributed by atoms with E-state index in [2.05, 4.69) is 0 Å². The molecule has 4 nitrogen and oxygen atoms in total. The number of unbranched alkanes of at least 4 members (excludes halogenated alkanes) is 3. The Hall–Kier alpha value is -0.480. The highest BCUT2D eigenvalue weighted by atomic mass is 35.5. The van der Waals surface area contributed by atoms with Gasteiger partial charge >= 0.3 is 0 Å². The van der Waals surface area contributed by atoms with Gasteiger partial charge in [0.1, 0.15) is 0 Å². The summed E-state index contributed by atoms with van der Waals surface area (Å²) in [6, 6.07) is 0. The van der Waals surface area contributed by atoms with Gasteiger partial charge in [-0.25, -0.2) is 0 Å². The molecular weight excluding hydrogens is 227 g/mol. The molecule has 0 radical (unpaired) electrons. The third-order valence-electron chi connectivity index (χ3n) is 1.77. The lowest BCUT2D eigenvalue weighted by molar-refractivity contribution is -0.120. The molecule has 0 fully saturated rings. The van der Waals surface area contributed by atoms with Gasteiger partial charge in [0.2, 0.25) is 11.8 Å². The van der Waals surface area contributed by atoms with Crippen molar-refractivity contribution < 1.29 is 9.59 Å². The van der Waals surface area contributed by atoms with Gasteiger partial charge in [0, 0.05) is 36.4 Å². The van der Waals surface area contributed by atoms with Gasteiger partial charge in [-0.1, -0.05) is 12.8 Å². The fourth-order valence-corrected chi connectivity index (χ4v) is 1.21. The predicted octanol–water partition coefficient (Wildman–Crippen LogP) is 1.87. The molecule has 0 atom stereocenters. The van der Waals surface area contributed by atoms with Gasteiger partial charge in [-0.15, -0.1) is 0 Å². The zero-order valence-electron chi connectivity index (χ0n) is 7.82. The van der Waals surface area contributed by atoms with Crippen molar-refractivity contribution in [2.75, 3.05) is 0 Å². The Balaban J connectivity index is 3.14. The minimum Gasteiger partial charge on any atom is -0.274 e. The Morgan fingerprint density at radius 3 is 1.43 bits per heavy atom. The minimum atomic E-state index is -0.162. The van der Waals surface area contributed by atoms with E-state index in [1.54, 1.807) is 0 Å². The Morgan fingerprint density at radius 1 is 0.786 bits per heavy atom. The molecule has 0 aromatic heterocycles. The second-order valence-corrected chi connectivity index (χ2v) is 3.33. The molecule has 2 N–H and O–H groups in total. The Bertz CT molecular complexity index is 168. The van der Waals surface area contributed by atoms with Crippen LogP contribution in [0.1, 0.15) is 38.5 Å². The first-order chi connectivity index (χ1) is 6.70. The van der Waals surface area contributed by atoms with Gasteiger partial charge in [0.25, 0.3) is 0 Å². The van der Waals surface area contributed by atoms with Crippen LogP contribution in [0.4, 0.5) is 0 Å². The predicted molar refractivity (Wildman–Crippen MR) is 55.7 cm³/mol. The quantitative estimate of drug-likeness (QED) is 0.528. The van der Waals surface area contributed by atoms with E-state index >= 15 is 0 Å². The normalized spacial score (nSPS) is 9.57. The van der Waals surface area contributed by atoms with Gasteiger partial charge in [0.05, 0.1) is 0 Å². The van der Waals surface area contributed by atoms with E-state index in [1.165, 1.54) is 0 Å². The van der Waals surface area contributed by atoms with Gasteiger partial charge in [-0.05, 0) is 12.8 Å². The Morgan fingerprint density at radius 2 is 1.14 bits per heavy atom. The highest BCUT2D eigenvalue weighted by Crippen LogP contribution is 2.05. The smallest absolute Gasteiger partial charge is 0.234 e. The third kappa shape index (κ3) is 8.13. The average molecular weight is 241 g/mol. The maximum atomic E-state index is 10.7. The van der Waals surface area contributed by atoms with E-state index in [0.29, 0.717) is 12.8 Å². The molecule has 0 aromatic rings. The average Bonchev–Trinajstić information content (AvgIpc) is 2.22. The molecule has 82 valence electrons. The van der Waals surface area contributed by atoms with E-state index in [1.807, 2.05) is 9.67 Å². The van der Waals surface area contributed by atoms with Crippen LogP contribution in [0.15, 0.2) is 0 Å². The number of rotatable bonds is 7. The summed E-state index contributed by atoms with van der Waals surface area (Å²) in [6.07, 6.45) is 4.29. The lowest BCUT2D eigenvalue weighted by Gasteiger charge is -1.99. The molecule has 0 saturated carbocycles. The first-order valence-corrected chi connectivity index (χ1v) is 5.25. The highest BCUT2D eigenvalue weighted by Gasteiger charge is 2.00. The molecule has 0 heterocycles. The number of halogens is 2. The summed E-state index contributed by atoms with van der Waals surface area (Å²) >= 11 is 10.2. The molecule has 2 amide bonds. The van der Waals surface area contributed by atoms with Gasteiger partial charge in [-0.2, -0.15) is 0 Å². The summed E-state index contributed by atoms with van der Waals surface area (Å²) in [7, 11) is 0. The molecule has 0 unspecified atom stereocenters. The molecule has 0 aliphatic heterocycles. The van der Waals surface area contributed by atoms with E-state index < -0.39 is 0 Å². The van der Waals surface area contributed by atoms with Gasteiger partial charge < -0.3 is 0 Å². The molecule has 0 spiro atoms. The summed E-state index contributed by atoms with van der Waals surface area (Å²) in [4.78, 5) is 25.4. The largest absolute Gasteiger partial charge is 0.274 e. The number of carbonyl (C=O) groups excluding carboxylic acids is 2. The molecule has 0 rings (SSSR count). The van der Waals surface area contributed by atoms with Crippen molar-refractivity contribution in [3.8, 4) is 0 Å². The molecule has 0 aliphatic rings.